The molecule has 0 aliphatic heterocycles. The van der Waals surface area contributed by atoms with E-state index in [1.807, 2.05) is 80.2 Å². The second-order valence-corrected chi connectivity index (χ2v) is 7.67. The molecule has 0 fully saturated rings. The Hall–Kier alpha value is -3.53. The van der Waals surface area contributed by atoms with Gasteiger partial charge in [-0.25, -0.2) is 4.68 Å². The van der Waals surface area contributed by atoms with Crippen molar-refractivity contribution in [1.82, 2.24) is 14.8 Å². The summed E-state index contributed by atoms with van der Waals surface area (Å²) in [5.41, 5.74) is 8.26. The number of pyridine rings is 1. The molecule has 4 nitrogen and oxygen atoms in total. The number of rotatable bonds is 6. The summed E-state index contributed by atoms with van der Waals surface area (Å²) in [6, 6.07) is 22.3. The molecule has 30 heavy (non-hydrogen) atoms. The zero-order valence-electron chi connectivity index (χ0n) is 17.6. The van der Waals surface area contributed by atoms with Crippen molar-refractivity contribution >= 4 is 5.78 Å². The fraction of sp³-hybridized carbons (Fsp3) is 0.192. The molecule has 0 aliphatic carbocycles. The molecule has 0 saturated heterocycles. The van der Waals surface area contributed by atoms with Crippen molar-refractivity contribution in [3.63, 3.8) is 0 Å². The van der Waals surface area contributed by atoms with Crippen molar-refractivity contribution < 1.29 is 4.79 Å². The van der Waals surface area contributed by atoms with Crippen LogP contribution in [0.3, 0.4) is 0 Å². The lowest BCUT2D eigenvalue weighted by Crippen LogP contribution is -2.08. The summed E-state index contributed by atoms with van der Waals surface area (Å²) in [6.07, 6.45) is 2.64. The first kappa shape index (κ1) is 19.8. The monoisotopic (exact) mass is 395 g/mol. The molecule has 2 aromatic carbocycles. The molecule has 150 valence electrons. The van der Waals surface area contributed by atoms with Crippen molar-refractivity contribution in [2.75, 3.05) is 0 Å². The number of carbonyl (C=O) groups excluding carboxylic acids is 1. The summed E-state index contributed by atoms with van der Waals surface area (Å²) in [4.78, 5) is 17.0. The third-order valence-corrected chi connectivity index (χ3v) is 5.40. The van der Waals surface area contributed by atoms with Gasteiger partial charge in [-0.2, -0.15) is 5.10 Å². The van der Waals surface area contributed by atoms with Gasteiger partial charge in [0.05, 0.1) is 11.4 Å². The van der Waals surface area contributed by atoms with Crippen LogP contribution in [0.4, 0.5) is 0 Å². The van der Waals surface area contributed by atoms with Crippen LogP contribution in [0.5, 0.6) is 0 Å². The molecule has 0 bridgehead atoms. The molecule has 0 spiro atoms. The Labute approximate surface area is 177 Å². The highest BCUT2D eigenvalue weighted by Gasteiger charge is 2.16. The third kappa shape index (κ3) is 4.23. The largest absolute Gasteiger partial charge is 0.299 e. The molecule has 0 radical (unpaired) electrons. The number of benzene rings is 2. The van der Waals surface area contributed by atoms with Crippen LogP contribution in [0.1, 0.15) is 28.2 Å². The van der Waals surface area contributed by atoms with Crippen molar-refractivity contribution in [3.05, 3.63) is 101 Å². The van der Waals surface area contributed by atoms with E-state index in [1.165, 1.54) is 0 Å². The highest BCUT2D eigenvalue weighted by Crippen LogP contribution is 2.22. The number of ketones is 1. The molecular weight excluding hydrogens is 370 g/mol. The second kappa shape index (κ2) is 8.46. The van der Waals surface area contributed by atoms with Crippen molar-refractivity contribution in [3.8, 4) is 16.8 Å². The first-order valence-corrected chi connectivity index (χ1v) is 10.2. The van der Waals surface area contributed by atoms with Crippen LogP contribution >= 0.6 is 0 Å². The van der Waals surface area contributed by atoms with E-state index in [0.29, 0.717) is 12.8 Å². The first-order chi connectivity index (χ1) is 14.5. The van der Waals surface area contributed by atoms with Gasteiger partial charge in [0.2, 0.25) is 0 Å². The minimum Gasteiger partial charge on any atom is -0.299 e. The summed E-state index contributed by atoms with van der Waals surface area (Å²) < 4.78 is 1.92. The number of aromatic nitrogens is 3. The summed E-state index contributed by atoms with van der Waals surface area (Å²) in [6.45, 7) is 5.99. The van der Waals surface area contributed by atoms with Crippen LogP contribution in [0.25, 0.3) is 16.8 Å². The molecule has 4 aromatic rings. The predicted octanol–water partition coefficient (Wildman–Crippen LogP) is 5.21. The highest BCUT2D eigenvalue weighted by atomic mass is 16.1. The van der Waals surface area contributed by atoms with Gasteiger partial charge in [0.25, 0.3) is 0 Å². The molecule has 0 unspecified atom stereocenters. The maximum Gasteiger partial charge on any atom is 0.141 e. The maximum atomic E-state index is 12.8. The second-order valence-electron chi connectivity index (χ2n) is 7.67. The van der Waals surface area contributed by atoms with E-state index in [2.05, 4.69) is 28.3 Å². The topological polar surface area (TPSA) is 47.8 Å². The molecule has 0 amide bonds. The van der Waals surface area contributed by atoms with Crippen LogP contribution in [0.2, 0.25) is 0 Å². The Balaban J connectivity index is 1.47. The summed E-state index contributed by atoms with van der Waals surface area (Å²) in [5.74, 6) is 0.196. The van der Waals surface area contributed by atoms with Gasteiger partial charge >= 0.3 is 0 Å². The molecule has 0 aliphatic rings. The SMILES string of the molecule is Cc1cc(-c2ccc(CC(=O)Cc3c(C)nn(-c4ccccc4)c3C)cc2)ccn1. The van der Waals surface area contributed by atoms with Gasteiger partial charge in [-0.3, -0.25) is 9.78 Å². The summed E-state index contributed by atoms with van der Waals surface area (Å²) >= 11 is 0. The maximum absolute atomic E-state index is 12.8. The number of hydrogen-bond donors (Lipinski definition) is 0. The lowest BCUT2D eigenvalue weighted by atomic mass is 9.99. The van der Waals surface area contributed by atoms with Gasteiger partial charge in [-0.15, -0.1) is 0 Å². The molecule has 2 aromatic heterocycles. The Kier molecular flexibility index (Phi) is 5.57. The van der Waals surface area contributed by atoms with E-state index in [1.54, 1.807) is 0 Å². The van der Waals surface area contributed by atoms with Crippen LogP contribution in [-0.2, 0) is 17.6 Å². The van der Waals surface area contributed by atoms with E-state index in [4.69, 9.17) is 0 Å². The van der Waals surface area contributed by atoms with Crippen molar-refractivity contribution in [1.29, 1.82) is 0 Å². The standard InChI is InChI=1S/C26H25N3O/c1-18-15-23(13-14-27-18)22-11-9-21(10-12-22)16-25(30)17-26-19(2)28-29(20(26)3)24-7-5-4-6-8-24/h4-15H,16-17H2,1-3H3. The number of Topliss-reactive ketones (excluding diaryl/α,β-unsaturated/α-hetero) is 1. The van der Waals surface area contributed by atoms with E-state index in [0.717, 1.165) is 45.0 Å². The summed E-state index contributed by atoms with van der Waals surface area (Å²) in [7, 11) is 0. The average Bonchev–Trinajstić information content (AvgIpc) is 3.03. The smallest absolute Gasteiger partial charge is 0.141 e. The van der Waals surface area contributed by atoms with Crippen LogP contribution < -0.4 is 0 Å². The number of aryl methyl sites for hydroxylation is 2. The van der Waals surface area contributed by atoms with E-state index >= 15 is 0 Å². The Morgan fingerprint density at radius 3 is 2.30 bits per heavy atom. The molecule has 4 heteroatoms. The molecule has 0 atom stereocenters. The highest BCUT2D eigenvalue weighted by molar-refractivity contribution is 5.83. The number of carbonyl (C=O) groups is 1. The van der Waals surface area contributed by atoms with E-state index in [9.17, 15) is 4.79 Å². The van der Waals surface area contributed by atoms with E-state index < -0.39 is 0 Å². The molecule has 0 saturated carbocycles. The van der Waals surface area contributed by atoms with Crippen LogP contribution in [-0.4, -0.2) is 20.5 Å². The predicted molar refractivity (Wildman–Crippen MR) is 120 cm³/mol. The fourth-order valence-electron chi connectivity index (χ4n) is 3.78. The zero-order valence-corrected chi connectivity index (χ0v) is 17.6. The lowest BCUT2D eigenvalue weighted by Gasteiger charge is -2.07. The third-order valence-electron chi connectivity index (χ3n) is 5.40. The minimum absolute atomic E-state index is 0.196. The minimum atomic E-state index is 0.196. The van der Waals surface area contributed by atoms with Crippen molar-refractivity contribution in [2.24, 2.45) is 0 Å². The van der Waals surface area contributed by atoms with Gasteiger partial charge in [-0.1, -0.05) is 42.5 Å². The average molecular weight is 396 g/mol. The van der Waals surface area contributed by atoms with Gasteiger partial charge < -0.3 is 0 Å². The number of para-hydroxylation sites is 1. The quantitative estimate of drug-likeness (QED) is 0.450. The number of nitrogens with zero attached hydrogens (tertiary/aromatic N) is 3. The Bertz CT molecular complexity index is 1170. The Morgan fingerprint density at radius 1 is 0.867 bits per heavy atom. The van der Waals surface area contributed by atoms with Crippen LogP contribution in [0, 0.1) is 20.8 Å². The molecular formula is C26H25N3O. The first-order valence-electron chi connectivity index (χ1n) is 10.2. The lowest BCUT2D eigenvalue weighted by molar-refractivity contribution is -0.117. The number of hydrogen-bond acceptors (Lipinski definition) is 3. The van der Waals surface area contributed by atoms with Gasteiger partial charge in [-0.05, 0) is 61.7 Å². The van der Waals surface area contributed by atoms with Gasteiger partial charge in [0.1, 0.15) is 5.78 Å². The molecule has 0 N–H and O–H groups in total. The zero-order chi connectivity index (χ0) is 21.1. The van der Waals surface area contributed by atoms with Crippen LogP contribution in [0.15, 0.2) is 72.9 Å². The summed E-state index contributed by atoms with van der Waals surface area (Å²) in [5, 5.41) is 4.65. The molecule has 4 rings (SSSR count). The van der Waals surface area contributed by atoms with E-state index in [-0.39, 0.29) is 5.78 Å². The van der Waals surface area contributed by atoms with Gasteiger partial charge in [0, 0.05) is 36.0 Å². The molecule has 2 heterocycles. The van der Waals surface area contributed by atoms with Crippen molar-refractivity contribution in [2.45, 2.75) is 33.6 Å². The fourth-order valence-corrected chi connectivity index (χ4v) is 3.78. The Morgan fingerprint density at radius 2 is 1.60 bits per heavy atom. The normalized spacial score (nSPS) is 10.9. The van der Waals surface area contributed by atoms with Gasteiger partial charge in [0.15, 0.2) is 0 Å².